The number of hydrogen-bond acceptors (Lipinski definition) is 9. The predicted molar refractivity (Wildman–Crippen MR) is 97.0 cm³/mol. The largest absolute Gasteiger partial charge is 0.443 e. The van der Waals surface area contributed by atoms with Crippen LogP contribution >= 0.6 is 0 Å². The van der Waals surface area contributed by atoms with E-state index in [0.29, 0.717) is 5.06 Å². The Bertz CT molecular complexity index is 864. The number of benzene rings is 1. The van der Waals surface area contributed by atoms with Gasteiger partial charge in [-0.3, -0.25) is 14.4 Å². The SMILES string of the molecule is CC(=O)[C@@H]1OC(C)(C)O[C@H]1C(=O)O[C@H](C(=O)ON1C(=O)CCC1=O)c1ccccc1. The lowest BCUT2D eigenvalue weighted by atomic mass is 10.1. The van der Waals surface area contributed by atoms with Crippen molar-refractivity contribution in [2.75, 3.05) is 0 Å². The molecule has 10 heteroatoms. The average molecular weight is 419 g/mol. The molecule has 2 aliphatic rings. The maximum Gasteiger partial charge on any atom is 0.378 e. The normalized spacial score (nSPS) is 23.9. The molecule has 2 saturated heterocycles. The van der Waals surface area contributed by atoms with E-state index in [0.717, 1.165) is 0 Å². The van der Waals surface area contributed by atoms with Crippen molar-refractivity contribution >= 4 is 29.5 Å². The van der Waals surface area contributed by atoms with Gasteiger partial charge in [-0.25, -0.2) is 9.59 Å². The third kappa shape index (κ3) is 4.55. The molecule has 2 heterocycles. The van der Waals surface area contributed by atoms with Crippen molar-refractivity contribution in [3.8, 4) is 0 Å². The van der Waals surface area contributed by atoms with Crippen molar-refractivity contribution < 1.29 is 43.0 Å². The van der Waals surface area contributed by atoms with Crippen molar-refractivity contribution in [1.82, 2.24) is 5.06 Å². The molecule has 3 rings (SSSR count). The van der Waals surface area contributed by atoms with Gasteiger partial charge in [0.05, 0.1) is 0 Å². The Morgan fingerprint density at radius 3 is 2.17 bits per heavy atom. The van der Waals surface area contributed by atoms with Gasteiger partial charge in [-0.2, -0.15) is 0 Å². The first-order chi connectivity index (χ1) is 14.1. The number of ether oxygens (including phenoxy) is 3. The summed E-state index contributed by atoms with van der Waals surface area (Å²) in [5, 5.41) is 0.364. The van der Waals surface area contributed by atoms with Gasteiger partial charge >= 0.3 is 11.9 Å². The highest BCUT2D eigenvalue weighted by Crippen LogP contribution is 2.31. The minimum absolute atomic E-state index is 0.0788. The van der Waals surface area contributed by atoms with Gasteiger partial charge in [0, 0.05) is 18.4 Å². The van der Waals surface area contributed by atoms with Crippen LogP contribution in [0.25, 0.3) is 0 Å². The minimum atomic E-state index is -1.60. The van der Waals surface area contributed by atoms with E-state index in [1.54, 1.807) is 18.2 Å². The molecule has 160 valence electrons. The fraction of sp³-hybridized carbons (Fsp3) is 0.450. The second-order valence-electron chi connectivity index (χ2n) is 7.31. The Balaban J connectivity index is 1.82. The Morgan fingerprint density at radius 1 is 1.03 bits per heavy atom. The number of ketones is 1. The van der Waals surface area contributed by atoms with Crippen LogP contribution < -0.4 is 0 Å². The Kier molecular flexibility index (Phi) is 5.99. The molecule has 2 fully saturated rings. The predicted octanol–water partition coefficient (Wildman–Crippen LogP) is 0.987. The van der Waals surface area contributed by atoms with Crippen LogP contribution in [0.15, 0.2) is 30.3 Å². The van der Waals surface area contributed by atoms with Crippen LogP contribution in [0.5, 0.6) is 0 Å². The number of imide groups is 1. The molecule has 3 atom stereocenters. The van der Waals surface area contributed by atoms with Crippen LogP contribution in [0.2, 0.25) is 0 Å². The topological polar surface area (TPSA) is 126 Å². The van der Waals surface area contributed by atoms with E-state index in [1.807, 2.05) is 0 Å². The Labute approximate surface area is 172 Å². The van der Waals surface area contributed by atoms with E-state index in [9.17, 15) is 24.0 Å². The number of rotatable bonds is 6. The molecular formula is C20H21NO9. The molecule has 0 N–H and O–H groups in total. The van der Waals surface area contributed by atoms with Crippen molar-refractivity contribution in [2.45, 2.75) is 57.7 Å². The molecule has 0 spiro atoms. The summed E-state index contributed by atoms with van der Waals surface area (Å²) in [6.45, 7) is 4.30. The molecule has 2 aliphatic heterocycles. The molecule has 0 radical (unpaired) electrons. The standard InChI is InChI=1S/C20H21NO9/c1-11(22)15-17(29-20(2,3)28-15)18(25)27-16(12-7-5-4-6-8-12)19(26)30-21-13(23)9-10-14(21)24/h4-8,15-17H,9-10H2,1-3H3/t15-,16-,17+/m0/s1. The van der Waals surface area contributed by atoms with Gasteiger partial charge in [0.15, 0.2) is 23.8 Å². The first-order valence-corrected chi connectivity index (χ1v) is 9.28. The van der Waals surface area contributed by atoms with Gasteiger partial charge in [0.2, 0.25) is 6.10 Å². The Hall–Kier alpha value is -3.11. The highest BCUT2D eigenvalue weighted by atomic mass is 16.8. The zero-order chi connectivity index (χ0) is 22.1. The molecule has 2 amide bonds. The molecule has 0 saturated carbocycles. The molecule has 1 aromatic rings. The number of amides is 2. The quantitative estimate of drug-likeness (QED) is 0.490. The summed E-state index contributed by atoms with van der Waals surface area (Å²) < 4.78 is 16.2. The summed E-state index contributed by atoms with van der Waals surface area (Å²) in [5.74, 6) is -5.16. The third-order valence-electron chi connectivity index (χ3n) is 4.47. The molecule has 1 aromatic carbocycles. The smallest absolute Gasteiger partial charge is 0.378 e. The second kappa shape index (κ2) is 8.33. The number of nitrogens with zero attached hydrogens (tertiary/aromatic N) is 1. The monoisotopic (exact) mass is 419 g/mol. The van der Waals surface area contributed by atoms with Crippen molar-refractivity contribution in [2.24, 2.45) is 0 Å². The molecule has 0 aromatic heterocycles. The van der Waals surface area contributed by atoms with Crippen LogP contribution in [-0.2, 0) is 43.0 Å². The average Bonchev–Trinajstić information content (AvgIpc) is 3.19. The summed E-state index contributed by atoms with van der Waals surface area (Å²) in [6.07, 6.45) is -4.36. The van der Waals surface area contributed by atoms with Crippen LogP contribution in [0.1, 0.15) is 45.3 Å². The molecule has 10 nitrogen and oxygen atoms in total. The number of esters is 1. The highest BCUT2D eigenvalue weighted by molar-refractivity contribution is 6.02. The van der Waals surface area contributed by atoms with E-state index in [2.05, 4.69) is 0 Å². The van der Waals surface area contributed by atoms with Crippen LogP contribution in [0.4, 0.5) is 0 Å². The maximum atomic E-state index is 12.8. The van der Waals surface area contributed by atoms with Crippen LogP contribution in [-0.4, -0.2) is 52.6 Å². The molecule has 0 aliphatic carbocycles. The fourth-order valence-corrected chi connectivity index (χ4v) is 3.09. The third-order valence-corrected chi connectivity index (χ3v) is 4.47. The van der Waals surface area contributed by atoms with E-state index < -0.39 is 53.6 Å². The van der Waals surface area contributed by atoms with Crippen LogP contribution in [0.3, 0.4) is 0 Å². The van der Waals surface area contributed by atoms with Crippen molar-refractivity contribution in [1.29, 1.82) is 0 Å². The van der Waals surface area contributed by atoms with E-state index in [1.165, 1.54) is 32.9 Å². The van der Waals surface area contributed by atoms with Crippen molar-refractivity contribution in [3.05, 3.63) is 35.9 Å². The first kappa shape index (κ1) is 21.6. The molecular weight excluding hydrogens is 398 g/mol. The van der Waals surface area contributed by atoms with Gasteiger partial charge in [-0.1, -0.05) is 30.3 Å². The lowest BCUT2D eigenvalue weighted by molar-refractivity contribution is -0.208. The number of Topliss-reactive ketones (excluding diaryl/α,β-unsaturated/α-hetero) is 1. The highest BCUT2D eigenvalue weighted by Gasteiger charge is 2.49. The summed E-state index contributed by atoms with van der Waals surface area (Å²) in [4.78, 5) is 65.7. The van der Waals surface area contributed by atoms with Crippen LogP contribution in [0, 0.1) is 0 Å². The van der Waals surface area contributed by atoms with Gasteiger partial charge in [0.1, 0.15) is 0 Å². The summed E-state index contributed by atoms with van der Waals surface area (Å²) in [7, 11) is 0. The van der Waals surface area contributed by atoms with Gasteiger partial charge in [-0.05, 0) is 20.8 Å². The minimum Gasteiger partial charge on any atom is -0.443 e. The number of carbonyl (C=O) groups excluding carboxylic acids is 5. The van der Waals surface area contributed by atoms with Gasteiger partial charge in [-0.15, -0.1) is 5.06 Å². The Morgan fingerprint density at radius 2 is 1.60 bits per heavy atom. The number of hydrogen-bond donors (Lipinski definition) is 0. The zero-order valence-electron chi connectivity index (χ0n) is 16.7. The molecule has 30 heavy (non-hydrogen) atoms. The van der Waals surface area contributed by atoms with E-state index >= 15 is 0 Å². The van der Waals surface area contributed by atoms with Gasteiger partial charge in [0.25, 0.3) is 11.8 Å². The van der Waals surface area contributed by atoms with Gasteiger partial charge < -0.3 is 19.0 Å². The second-order valence-corrected chi connectivity index (χ2v) is 7.31. The first-order valence-electron chi connectivity index (χ1n) is 9.28. The van der Waals surface area contributed by atoms with Crippen molar-refractivity contribution in [3.63, 3.8) is 0 Å². The lowest BCUT2D eigenvalue weighted by Gasteiger charge is -2.22. The summed E-state index contributed by atoms with van der Waals surface area (Å²) in [5.41, 5.74) is 0.243. The van der Waals surface area contributed by atoms with E-state index in [4.69, 9.17) is 19.0 Å². The fourth-order valence-electron chi connectivity index (χ4n) is 3.09. The summed E-state index contributed by atoms with van der Waals surface area (Å²) >= 11 is 0. The number of carbonyl (C=O) groups is 5. The maximum absolute atomic E-state index is 12.8. The molecule has 0 bridgehead atoms. The summed E-state index contributed by atoms with van der Waals surface area (Å²) in [6, 6.07) is 7.90. The molecule has 0 unspecified atom stereocenters. The van der Waals surface area contributed by atoms with E-state index in [-0.39, 0.29) is 18.4 Å². The zero-order valence-corrected chi connectivity index (χ0v) is 16.7. The number of hydroxylamine groups is 2. The lowest BCUT2D eigenvalue weighted by Crippen LogP contribution is -2.40.